The van der Waals surface area contributed by atoms with Crippen LogP contribution in [0.2, 0.25) is 0 Å². The first-order valence-corrected chi connectivity index (χ1v) is 7.92. The largest absolute Gasteiger partial charge is 0.497 e. The van der Waals surface area contributed by atoms with E-state index in [9.17, 15) is 0 Å². The molecule has 0 aliphatic carbocycles. The summed E-state index contributed by atoms with van der Waals surface area (Å²) in [6.07, 6.45) is 0.856. The summed E-state index contributed by atoms with van der Waals surface area (Å²) in [5, 5.41) is 6.74. The van der Waals surface area contributed by atoms with Crippen LogP contribution in [-0.4, -0.2) is 25.7 Å². The Morgan fingerprint density at radius 3 is 2.67 bits per heavy atom. The molecule has 1 aromatic heterocycles. The summed E-state index contributed by atoms with van der Waals surface area (Å²) in [6, 6.07) is 6.13. The average molecular weight is 306 g/mol. The zero-order valence-corrected chi connectivity index (χ0v) is 13.8. The molecular formula is C16H22N2O2S. The predicted octanol–water partition coefficient (Wildman–Crippen LogP) is 3.36. The number of nitrogens with one attached hydrogen (secondary N) is 1. The average Bonchev–Trinajstić information content (AvgIpc) is 2.91. The third-order valence-electron chi connectivity index (χ3n) is 3.31. The number of likely N-dealkylation sites (N-methyl/N-ethyl adjacent to an activating group) is 1. The number of thiazole rings is 1. The van der Waals surface area contributed by atoms with Gasteiger partial charge in [-0.1, -0.05) is 13.0 Å². The lowest BCUT2D eigenvalue weighted by molar-refractivity contribution is 0.384. The molecule has 1 N–H and O–H groups in total. The lowest BCUT2D eigenvalue weighted by Crippen LogP contribution is -2.23. The number of aromatic nitrogens is 1. The van der Waals surface area contributed by atoms with Gasteiger partial charge < -0.3 is 14.8 Å². The fourth-order valence-electron chi connectivity index (χ4n) is 2.32. The lowest BCUT2D eigenvalue weighted by atomic mass is 10.0. The molecule has 0 spiro atoms. The van der Waals surface area contributed by atoms with E-state index in [-0.39, 0.29) is 6.04 Å². The van der Waals surface area contributed by atoms with Gasteiger partial charge in [-0.2, -0.15) is 0 Å². The zero-order chi connectivity index (χ0) is 15.2. The summed E-state index contributed by atoms with van der Waals surface area (Å²) < 4.78 is 10.8. The van der Waals surface area contributed by atoms with Gasteiger partial charge >= 0.3 is 0 Å². The molecule has 0 aliphatic rings. The second kappa shape index (κ2) is 7.43. The molecule has 114 valence electrons. The third-order valence-corrected chi connectivity index (χ3v) is 4.30. The monoisotopic (exact) mass is 306 g/mol. The summed E-state index contributed by atoms with van der Waals surface area (Å²) in [4.78, 5) is 4.56. The van der Waals surface area contributed by atoms with Crippen LogP contribution in [0.3, 0.4) is 0 Å². The number of hydrogen-bond acceptors (Lipinski definition) is 5. The summed E-state index contributed by atoms with van der Waals surface area (Å²) in [5.74, 6) is 1.64. The van der Waals surface area contributed by atoms with Crippen LogP contribution >= 0.6 is 11.3 Å². The van der Waals surface area contributed by atoms with Crippen molar-refractivity contribution < 1.29 is 9.47 Å². The van der Waals surface area contributed by atoms with Crippen molar-refractivity contribution in [3.8, 4) is 11.5 Å². The van der Waals surface area contributed by atoms with Crippen molar-refractivity contribution in [2.45, 2.75) is 26.3 Å². The minimum absolute atomic E-state index is 0.182. The highest BCUT2D eigenvalue weighted by Crippen LogP contribution is 2.31. The molecule has 1 heterocycles. The van der Waals surface area contributed by atoms with Crippen molar-refractivity contribution in [1.82, 2.24) is 10.3 Å². The number of nitrogens with zero attached hydrogens (tertiary/aromatic N) is 1. The van der Waals surface area contributed by atoms with Gasteiger partial charge in [0, 0.05) is 35.2 Å². The number of benzene rings is 1. The highest BCUT2D eigenvalue weighted by molar-refractivity contribution is 7.09. The minimum atomic E-state index is 0.182. The van der Waals surface area contributed by atoms with Crippen molar-refractivity contribution in [2.75, 3.05) is 20.8 Å². The van der Waals surface area contributed by atoms with Crippen molar-refractivity contribution >= 4 is 11.3 Å². The molecule has 0 aliphatic heterocycles. The highest BCUT2D eigenvalue weighted by Gasteiger charge is 2.18. The fraction of sp³-hybridized carbons (Fsp3) is 0.438. The summed E-state index contributed by atoms with van der Waals surface area (Å²) >= 11 is 1.70. The maximum Gasteiger partial charge on any atom is 0.127 e. The molecule has 1 aromatic carbocycles. The van der Waals surface area contributed by atoms with Crippen LogP contribution in [0.4, 0.5) is 0 Å². The Morgan fingerprint density at radius 1 is 1.29 bits per heavy atom. The van der Waals surface area contributed by atoms with Crippen molar-refractivity contribution in [2.24, 2.45) is 0 Å². The second-order valence-corrected chi connectivity index (χ2v) is 5.75. The first kappa shape index (κ1) is 15.8. The van der Waals surface area contributed by atoms with E-state index >= 15 is 0 Å². The van der Waals surface area contributed by atoms with Gasteiger partial charge in [-0.05, 0) is 19.5 Å². The molecule has 2 rings (SSSR count). The number of rotatable bonds is 7. The molecular weight excluding hydrogens is 284 g/mol. The molecule has 21 heavy (non-hydrogen) atoms. The molecule has 1 unspecified atom stereocenters. The molecule has 5 heteroatoms. The van der Waals surface area contributed by atoms with Crippen LogP contribution in [0.1, 0.15) is 29.2 Å². The van der Waals surface area contributed by atoms with Crippen LogP contribution in [0, 0.1) is 6.92 Å². The van der Waals surface area contributed by atoms with Crippen LogP contribution in [0.15, 0.2) is 23.6 Å². The van der Waals surface area contributed by atoms with Gasteiger partial charge in [-0.25, -0.2) is 4.98 Å². The number of aryl methyl sites for hydroxylation is 1. The quantitative estimate of drug-likeness (QED) is 0.852. The third kappa shape index (κ3) is 3.95. The molecule has 4 nitrogen and oxygen atoms in total. The Morgan fingerprint density at radius 2 is 2.10 bits per heavy atom. The predicted molar refractivity (Wildman–Crippen MR) is 86.5 cm³/mol. The molecule has 2 aromatic rings. The van der Waals surface area contributed by atoms with Crippen molar-refractivity contribution in [1.29, 1.82) is 0 Å². The van der Waals surface area contributed by atoms with E-state index in [1.807, 2.05) is 19.1 Å². The Kier molecular flexibility index (Phi) is 5.59. The number of hydrogen-bond donors (Lipinski definition) is 1. The summed E-state index contributed by atoms with van der Waals surface area (Å²) in [5.41, 5.74) is 2.21. The van der Waals surface area contributed by atoms with Crippen molar-refractivity contribution in [3.05, 3.63) is 39.8 Å². The second-order valence-electron chi connectivity index (χ2n) is 4.80. The summed E-state index contributed by atoms with van der Waals surface area (Å²) in [6.45, 7) is 5.02. The number of ether oxygens (including phenoxy) is 2. The van der Waals surface area contributed by atoms with E-state index in [0.29, 0.717) is 0 Å². The van der Waals surface area contributed by atoms with Gasteiger partial charge in [0.25, 0.3) is 0 Å². The highest BCUT2D eigenvalue weighted by atomic mass is 32.1. The van der Waals surface area contributed by atoms with Gasteiger partial charge in [0.2, 0.25) is 0 Å². The maximum absolute atomic E-state index is 5.52. The zero-order valence-electron chi connectivity index (χ0n) is 13.0. The fourth-order valence-corrected chi connectivity index (χ4v) is 3.13. The molecule has 0 bridgehead atoms. The van der Waals surface area contributed by atoms with E-state index in [2.05, 4.69) is 28.7 Å². The van der Waals surface area contributed by atoms with Crippen LogP contribution in [0.5, 0.6) is 11.5 Å². The molecule has 0 radical (unpaired) electrons. The lowest BCUT2D eigenvalue weighted by Gasteiger charge is -2.20. The molecule has 0 fully saturated rings. The van der Waals surface area contributed by atoms with Crippen LogP contribution < -0.4 is 14.8 Å². The van der Waals surface area contributed by atoms with Gasteiger partial charge in [0.15, 0.2) is 0 Å². The topological polar surface area (TPSA) is 43.4 Å². The van der Waals surface area contributed by atoms with Gasteiger partial charge in [-0.15, -0.1) is 11.3 Å². The Bertz CT molecular complexity index is 583. The smallest absolute Gasteiger partial charge is 0.127 e. The molecule has 0 saturated carbocycles. The Hall–Kier alpha value is -1.59. The number of methoxy groups -OCH3 is 2. The molecule has 1 atom stereocenters. The van der Waals surface area contributed by atoms with Gasteiger partial charge in [0.1, 0.15) is 11.5 Å². The SMILES string of the molecule is CCNC(Cc1nc(C)cs1)c1ccc(OC)cc1OC. The molecule has 0 saturated heterocycles. The first-order chi connectivity index (χ1) is 10.2. The van der Waals surface area contributed by atoms with Gasteiger partial charge in [0.05, 0.1) is 19.2 Å². The van der Waals surface area contributed by atoms with E-state index < -0.39 is 0 Å². The van der Waals surface area contributed by atoms with Crippen LogP contribution in [-0.2, 0) is 6.42 Å². The van der Waals surface area contributed by atoms with E-state index in [1.165, 1.54) is 0 Å². The van der Waals surface area contributed by atoms with Crippen LogP contribution in [0.25, 0.3) is 0 Å². The molecule has 0 amide bonds. The van der Waals surface area contributed by atoms with E-state index in [0.717, 1.165) is 40.7 Å². The first-order valence-electron chi connectivity index (χ1n) is 7.04. The van der Waals surface area contributed by atoms with Gasteiger partial charge in [-0.3, -0.25) is 0 Å². The van der Waals surface area contributed by atoms with Crippen molar-refractivity contribution in [3.63, 3.8) is 0 Å². The summed E-state index contributed by atoms with van der Waals surface area (Å²) in [7, 11) is 3.35. The Labute approximate surface area is 130 Å². The van der Waals surface area contributed by atoms with E-state index in [4.69, 9.17) is 9.47 Å². The standard InChI is InChI=1S/C16H22N2O2S/c1-5-17-14(9-16-18-11(2)10-21-16)13-7-6-12(19-3)8-15(13)20-4/h6-8,10,14,17H,5,9H2,1-4H3. The normalized spacial score (nSPS) is 12.2. The Balaban J connectivity index is 2.28. The maximum atomic E-state index is 5.52. The van der Waals surface area contributed by atoms with E-state index in [1.54, 1.807) is 25.6 Å². The minimum Gasteiger partial charge on any atom is -0.497 e.